The van der Waals surface area contributed by atoms with Gasteiger partial charge in [-0.25, -0.2) is 4.79 Å². The Morgan fingerprint density at radius 3 is 2.36 bits per heavy atom. The molecule has 5 amide bonds. The van der Waals surface area contributed by atoms with Crippen LogP contribution in [0.3, 0.4) is 0 Å². The molecule has 4 aliphatic rings. The van der Waals surface area contributed by atoms with Crippen LogP contribution < -0.4 is 15.5 Å². The number of fused-ring (bicyclic) bond motifs is 1. The lowest BCUT2D eigenvalue weighted by Crippen LogP contribution is -2.57. The molecule has 210 valence electrons. The van der Waals surface area contributed by atoms with Gasteiger partial charge in [0.15, 0.2) is 0 Å². The molecule has 11 heteroatoms. The summed E-state index contributed by atoms with van der Waals surface area (Å²) in [4.78, 5) is 68.2. The van der Waals surface area contributed by atoms with Crippen molar-refractivity contribution in [2.24, 2.45) is 0 Å². The molecule has 39 heavy (non-hydrogen) atoms. The van der Waals surface area contributed by atoms with Crippen LogP contribution in [0.2, 0.25) is 0 Å². The number of piperidine rings is 2. The highest BCUT2D eigenvalue weighted by molar-refractivity contribution is 6.25. The van der Waals surface area contributed by atoms with Gasteiger partial charge in [0, 0.05) is 37.6 Å². The summed E-state index contributed by atoms with van der Waals surface area (Å²) in [5.74, 6) is -1.96. The molecule has 1 atom stereocenters. The number of ether oxygens (including phenoxy) is 1. The van der Waals surface area contributed by atoms with Crippen LogP contribution in [0.5, 0.6) is 0 Å². The monoisotopic (exact) mass is 539 g/mol. The molecule has 3 aliphatic heterocycles. The Bertz CT molecular complexity index is 1200. The van der Waals surface area contributed by atoms with E-state index in [-0.39, 0.29) is 25.0 Å². The summed E-state index contributed by atoms with van der Waals surface area (Å²) in [6.45, 7) is 7.02. The van der Waals surface area contributed by atoms with E-state index in [1.54, 1.807) is 12.1 Å². The maximum Gasteiger partial charge on any atom is 0.407 e. The number of rotatable bonds is 5. The Labute approximate surface area is 228 Å². The molecule has 1 saturated carbocycles. The third kappa shape index (κ3) is 5.36. The van der Waals surface area contributed by atoms with Gasteiger partial charge in [-0.3, -0.25) is 29.4 Å². The lowest BCUT2D eigenvalue weighted by molar-refractivity contribution is -0.136. The molecule has 2 saturated heterocycles. The lowest BCUT2D eigenvalue weighted by atomic mass is 9.84. The van der Waals surface area contributed by atoms with Crippen molar-refractivity contribution in [3.05, 3.63) is 29.3 Å². The summed E-state index contributed by atoms with van der Waals surface area (Å²) in [5, 5.41) is 5.19. The zero-order chi connectivity index (χ0) is 28.1. The van der Waals surface area contributed by atoms with E-state index in [9.17, 15) is 24.0 Å². The van der Waals surface area contributed by atoms with E-state index in [2.05, 4.69) is 27.5 Å². The first-order chi connectivity index (χ1) is 18.4. The van der Waals surface area contributed by atoms with E-state index in [1.165, 1.54) is 0 Å². The van der Waals surface area contributed by atoms with Crippen molar-refractivity contribution in [1.82, 2.24) is 20.4 Å². The largest absolute Gasteiger partial charge is 0.444 e. The molecule has 0 bridgehead atoms. The van der Waals surface area contributed by atoms with Crippen LogP contribution in [0.4, 0.5) is 10.5 Å². The first-order valence-electron chi connectivity index (χ1n) is 13.7. The van der Waals surface area contributed by atoms with Crippen LogP contribution >= 0.6 is 0 Å². The second-order valence-electron chi connectivity index (χ2n) is 12.0. The number of hydrogen-bond donors (Lipinski definition) is 2. The predicted molar refractivity (Wildman–Crippen MR) is 142 cm³/mol. The molecule has 3 heterocycles. The number of imide groups is 2. The van der Waals surface area contributed by atoms with Gasteiger partial charge >= 0.3 is 6.09 Å². The number of nitrogens with one attached hydrogen (secondary N) is 2. The maximum atomic E-state index is 13.5. The summed E-state index contributed by atoms with van der Waals surface area (Å²) >= 11 is 0. The van der Waals surface area contributed by atoms with Gasteiger partial charge in [-0.1, -0.05) is 6.07 Å². The third-order valence-electron chi connectivity index (χ3n) is 8.24. The molecule has 1 unspecified atom stereocenters. The minimum Gasteiger partial charge on any atom is -0.444 e. The molecule has 3 fully saturated rings. The number of amides is 5. The van der Waals surface area contributed by atoms with Gasteiger partial charge in [-0.15, -0.1) is 0 Å². The minimum absolute atomic E-state index is 0.0938. The Morgan fingerprint density at radius 2 is 1.72 bits per heavy atom. The SMILES string of the molecule is CN(C1CCN(c2cccc3c2C(=O)N(C2CCC(=O)NC2=O)C3=O)CC1)C1CC(NC(=O)OC(C)(C)C)C1. The fourth-order valence-electron chi connectivity index (χ4n) is 6.09. The quantitative estimate of drug-likeness (QED) is 0.544. The lowest BCUT2D eigenvalue weighted by Gasteiger charge is -2.47. The predicted octanol–water partition coefficient (Wildman–Crippen LogP) is 2.04. The fraction of sp³-hybridized carbons (Fsp3) is 0.607. The summed E-state index contributed by atoms with van der Waals surface area (Å²) in [6, 6.07) is 5.18. The van der Waals surface area contributed by atoms with Crippen LogP contribution in [0, 0.1) is 0 Å². The molecule has 1 aromatic rings. The van der Waals surface area contributed by atoms with E-state index in [1.807, 2.05) is 26.8 Å². The zero-order valence-corrected chi connectivity index (χ0v) is 23.0. The Morgan fingerprint density at radius 1 is 1.03 bits per heavy atom. The van der Waals surface area contributed by atoms with Crippen LogP contribution in [-0.2, 0) is 14.3 Å². The van der Waals surface area contributed by atoms with E-state index in [0.717, 1.165) is 43.7 Å². The smallest absolute Gasteiger partial charge is 0.407 e. The number of nitrogens with zero attached hydrogens (tertiary/aromatic N) is 3. The molecule has 1 aromatic carbocycles. The molecule has 1 aliphatic carbocycles. The van der Waals surface area contributed by atoms with Crippen molar-refractivity contribution in [2.45, 2.75) is 89.1 Å². The molecule has 0 radical (unpaired) electrons. The van der Waals surface area contributed by atoms with Crippen molar-refractivity contribution >= 4 is 35.4 Å². The highest BCUT2D eigenvalue weighted by Gasteiger charge is 2.46. The van der Waals surface area contributed by atoms with Crippen LogP contribution in [0.25, 0.3) is 0 Å². The third-order valence-corrected chi connectivity index (χ3v) is 8.24. The highest BCUT2D eigenvalue weighted by Crippen LogP contribution is 2.36. The average Bonchev–Trinajstić information content (AvgIpc) is 3.10. The van der Waals surface area contributed by atoms with Gasteiger partial charge in [0.05, 0.1) is 16.8 Å². The second kappa shape index (κ2) is 10.3. The fourth-order valence-corrected chi connectivity index (χ4v) is 6.09. The summed E-state index contributed by atoms with van der Waals surface area (Å²) in [7, 11) is 2.13. The van der Waals surface area contributed by atoms with Crippen molar-refractivity contribution < 1.29 is 28.7 Å². The van der Waals surface area contributed by atoms with Crippen molar-refractivity contribution in [3.8, 4) is 0 Å². The Hall–Kier alpha value is -3.47. The second-order valence-corrected chi connectivity index (χ2v) is 12.0. The van der Waals surface area contributed by atoms with Crippen LogP contribution in [0.1, 0.15) is 80.0 Å². The van der Waals surface area contributed by atoms with Crippen LogP contribution in [-0.4, -0.2) is 89.4 Å². The van der Waals surface area contributed by atoms with Gasteiger partial charge in [0.25, 0.3) is 11.8 Å². The van der Waals surface area contributed by atoms with Gasteiger partial charge in [-0.2, -0.15) is 0 Å². The molecule has 5 rings (SSSR count). The van der Waals surface area contributed by atoms with Crippen molar-refractivity contribution in [3.63, 3.8) is 0 Å². The van der Waals surface area contributed by atoms with E-state index in [4.69, 9.17) is 4.74 Å². The molecular weight excluding hydrogens is 502 g/mol. The molecule has 11 nitrogen and oxygen atoms in total. The highest BCUT2D eigenvalue weighted by atomic mass is 16.6. The normalized spacial score (nSPS) is 25.9. The molecule has 0 spiro atoms. The number of carbonyl (C=O) groups is 5. The Kier molecular flexibility index (Phi) is 7.13. The first kappa shape index (κ1) is 27.1. The Balaban J connectivity index is 1.18. The number of alkyl carbamates (subject to hydrolysis) is 1. The van der Waals surface area contributed by atoms with Gasteiger partial charge < -0.3 is 19.9 Å². The first-order valence-corrected chi connectivity index (χ1v) is 13.7. The summed E-state index contributed by atoms with van der Waals surface area (Å²) < 4.78 is 5.36. The van der Waals surface area contributed by atoms with Gasteiger partial charge in [0.2, 0.25) is 11.8 Å². The minimum atomic E-state index is -0.974. The topological polar surface area (TPSA) is 128 Å². The molecular formula is C28H37N5O6. The van der Waals surface area contributed by atoms with E-state index < -0.39 is 35.3 Å². The van der Waals surface area contributed by atoms with Gasteiger partial charge in [0.1, 0.15) is 11.6 Å². The summed E-state index contributed by atoms with van der Waals surface area (Å²) in [5.41, 5.74) is 0.846. The average molecular weight is 540 g/mol. The molecule has 2 N–H and O–H groups in total. The standard InChI is InChI=1S/C28H37N5O6/c1-28(2,3)39-27(38)29-16-14-18(15-16)31(4)17-10-12-32(13-11-17)20-7-5-6-19-23(20)26(37)33(25(19)36)21-8-9-22(34)30-24(21)35/h5-7,16-18,21H,8-15H2,1-4H3,(H,29,38)(H,30,34,35). The zero-order valence-electron chi connectivity index (χ0n) is 23.0. The summed E-state index contributed by atoms with van der Waals surface area (Å²) in [6.07, 6.45) is 3.43. The van der Waals surface area contributed by atoms with E-state index in [0.29, 0.717) is 28.9 Å². The number of benzene rings is 1. The number of carbonyl (C=O) groups excluding carboxylic acids is 5. The van der Waals surface area contributed by atoms with Crippen molar-refractivity contribution in [2.75, 3.05) is 25.0 Å². The van der Waals surface area contributed by atoms with Gasteiger partial charge in [-0.05, 0) is 72.1 Å². The van der Waals surface area contributed by atoms with Crippen molar-refractivity contribution in [1.29, 1.82) is 0 Å². The molecule has 0 aromatic heterocycles. The number of hydrogen-bond acceptors (Lipinski definition) is 8. The number of anilines is 1. The van der Waals surface area contributed by atoms with E-state index >= 15 is 0 Å². The maximum absolute atomic E-state index is 13.5. The van der Waals surface area contributed by atoms with Crippen LogP contribution in [0.15, 0.2) is 18.2 Å².